The van der Waals surface area contributed by atoms with E-state index >= 15 is 0 Å². The van der Waals surface area contributed by atoms with Crippen molar-refractivity contribution in [3.05, 3.63) is 61.8 Å². The summed E-state index contributed by atoms with van der Waals surface area (Å²) in [6, 6.07) is 8.50. The van der Waals surface area contributed by atoms with E-state index in [2.05, 4.69) is 14.7 Å². The summed E-state index contributed by atoms with van der Waals surface area (Å²) in [5, 5.41) is 0.696. The van der Waals surface area contributed by atoms with Crippen molar-refractivity contribution < 1.29 is 9.53 Å². The lowest BCUT2D eigenvalue weighted by molar-refractivity contribution is 0.0601. The molecule has 0 saturated carbocycles. The molecule has 0 spiro atoms. The number of esters is 1. The largest absolute Gasteiger partial charge is 0.465 e. The van der Waals surface area contributed by atoms with Crippen LogP contribution in [0.3, 0.4) is 0 Å². The molecular weight excluding hydrogens is 348 g/mol. The van der Waals surface area contributed by atoms with Crippen LogP contribution in [0.1, 0.15) is 25.9 Å². The Hall–Kier alpha value is -2.44. The molecule has 0 bridgehead atoms. The van der Waals surface area contributed by atoms with Crippen LogP contribution < -0.4 is 5.56 Å². The maximum atomic E-state index is 12.2. The number of nitrogens with one attached hydrogen (secondary N) is 1. The van der Waals surface area contributed by atoms with Crippen LogP contribution in [0.4, 0.5) is 0 Å². The molecule has 0 aliphatic carbocycles. The number of ether oxygens (including phenoxy) is 1. The van der Waals surface area contributed by atoms with Gasteiger partial charge in [-0.1, -0.05) is 11.6 Å². The zero-order chi connectivity index (χ0) is 17.3. The van der Waals surface area contributed by atoms with Gasteiger partial charge in [0, 0.05) is 9.75 Å². The number of halogens is 1. The summed E-state index contributed by atoms with van der Waals surface area (Å²) in [6.07, 6.45) is 1.74. The van der Waals surface area contributed by atoms with Gasteiger partial charge in [0.2, 0.25) is 0 Å². The maximum absolute atomic E-state index is 12.2. The van der Waals surface area contributed by atoms with Crippen LogP contribution in [0.25, 0.3) is 22.0 Å². The zero-order valence-electron chi connectivity index (χ0n) is 12.9. The van der Waals surface area contributed by atoms with Crippen molar-refractivity contribution >= 4 is 50.9 Å². The average Bonchev–Trinajstić information content (AvgIpc) is 2.98. The molecule has 122 valence electrons. The number of hydrogen-bond donors (Lipinski definition) is 1. The van der Waals surface area contributed by atoms with Crippen molar-refractivity contribution in [3.8, 4) is 0 Å². The first-order valence-corrected chi connectivity index (χ1v) is 8.24. The van der Waals surface area contributed by atoms with Gasteiger partial charge in [-0.25, -0.2) is 9.78 Å². The van der Waals surface area contributed by atoms with Crippen molar-refractivity contribution in [2.75, 3.05) is 7.11 Å². The molecule has 0 atom stereocenters. The molecule has 0 amide bonds. The molecule has 24 heavy (non-hydrogen) atoms. The highest BCUT2D eigenvalue weighted by atomic mass is 35.5. The Morgan fingerprint density at radius 2 is 2.12 bits per heavy atom. The number of carbonyl (C=O) groups excluding carboxylic acids is 1. The predicted octanol–water partition coefficient (Wildman–Crippen LogP) is 3.82. The van der Waals surface area contributed by atoms with Crippen LogP contribution in [0.5, 0.6) is 0 Å². The minimum Gasteiger partial charge on any atom is -0.465 e. The standard InChI is InChI=1S/C17H13ClN2O3S/c1-9-3-5-11(24-9)8-13(18)15-19-14-7-10(17(22)23-2)4-6-12(14)16(21)20-15/h3-8H,1-2H3,(H,19,20,21)/b13-8-. The van der Waals surface area contributed by atoms with Gasteiger partial charge in [0.25, 0.3) is 5.56 Å². The van der Waals surface area contributed by atoms with E-state index in [0.717, 1.165) is 9.75 Å². The molecule has 0 aliphatic rings. The molecule has 1 N–H and O–H groups in total. The lowest BCUT2D eigenvalue weighted by Crippen LogP contribution is -2.11. The van der Waals surface area contributed by atoms with Crippen LogP contribution in [-0.4, -0.2) is 23.0 Å². The third-order valence-electron chi connectivity index (χ3n) is 3.38. The molecule has 0 unspecified atom stereocenters. The number of aromatic amines is 1. The van der Waals surface area contributed by atoms with Gasteiger partial charge in [0.15, 0.2) is 5.82 Å². The number of fused-ring (bicyclic) bond motifs is 1. The van der Waals surface area contributed by atoms with Gasteiger partial charge < -0.3 is 9.72 Å². The van der Waals surface area contributed by atoms with E-state index in [0.29, 0.717) is 21.5 Å². The summed E-state index contributed by atoms with van der Waals surface area (Å²) in [5.41, 5.74) is 0.383. The summed E-state index contributed by atoms with van der Waals surface area (Å²) in [4.78, 5) is 33.0. The Morgan fingerprint density at radius 3 is 2.79 bits per heavy atom. The second-order valence-electron chi connectivity index (χ2n) is 5.08. The smallest absolute Gasteiger partial charge is 0.337 e. The number of hydrogen-bond acceptors (Lipinski definition) is 5. The van der Waals surface area contributed by atoms with Gasteiger partial charge >= 0.3 is 5.97 Å². The van der Waals surface area contributed by atoms with Crippen molar-refractivity contribution in [1.29, 1.82) is 0 Å². The van der Waals surface area contributed by atoms with E-state index in [1.165, 1.54) is 25.3 Å². The summed E-state index contributed by atoms with van der Waals surface area (Å²) < 4.78 is 4.69. The van der Waals surface area contributed by atoms with E-state index in [4.69, 9.17) is 11.6 Å². The summed E-state index contributed by atoms with van der Waals surface area (Å²) >= 11 is 7.88. The van der Waals surface area contributed by atoms with E-state index in [9.17, 15) is 9.59 Å². The highest BCUT2D eigenvalue weighted by molar-refractivity contribution is 7.12. The monoisotopic (exact) mass is 360 g/mol. The van der Waals surface area contributed by atoms with Crippen molar-refractivity contribution in [2.45, 2.75) is 6.92 Å². The first kappa shape index (κ1) is 16.4. The minimum absolute atomic E-state index is 0.252. The average molecular weight is 361 g/mol. The van der Waals surface area contributed by atoms with Gasteiger partial charge in [0.1, 0.15) is 0 Å². The second-order valence-corrected chi connectivity index (χ2v) is 6.81. The van der Waals surface area contributed by atoms with Crippen molar-refractivity contribution in [2.24, 2.45) is 0 Å². The van der Waals surface area contributed by atoms with Gasteiger partial charge in [-0.15, -0.1) is 11.3 Å². The van der Waals surface area contributed by atoms with Gasteiger partial charge in [-0.3, -0.25) is 4.79 Å². The number of thiophene rings is 1. The molecule has 2 aromatic heterocycles. The van der Waals surface area contributed by atoms with Crippen LogP contribution in [0.2, 0.25) is 0 Å². The molecule has 3 rings (SSSR count). The number of nitrogens with zero attached hydrogens (tertiary/aromatic N) is 1. The number of H-pyrrole nitrogens is 1. The van der Waals surface area contributed by atoms with Gasteiger partial charge in [-0.2, -0.15) is 0 Å². The first-order chi connectivity index (χ1) is 11.5. The quantitative estimate of drug-likeness (QED) is 0.721. The number of carbonyl (C=O) groups is 1. The molecule has 3 aromatic rings. The van der Waals surface area contributed by atoms with Crippen molar-refractivity contribution in [3.63, 3.8) is 0 Å². The molecule has 0 aliphatic heterocycles. The number of rotatable bonds is 3. The SMILES string of the molecule is COC(=O)c1ccc2c(=O)[nH]c(/C(Cl)=C/c3ccc(C)s3)nc2c1. The van der Waals surface area contributed by atoms with Gasteiger partial charge in [0.05, 0.1) is 28.6 Å². The first-order valence-electron chi connectivity index (χ1n) is 7.04. The fraction of sp³-hybridized carbons (Fsp3) is 0.118. The topological polar surface area (TPSA) is 72.1 Å². The molecule has 0 radical (unpaired) electrons. The molecule has 0 fully saturated rings. The van der Waals surface area contributed by atoms with Crippen LogP contribution >= 0.6 is 22.9 Å². The molecule has 5 nitrogen and oxygen atoms in total. The Kier molecular flexibility index (Phi) is 4.51. The number of methoxy groups -OCH3 is 1. The van der Waals surface area contributed by atoms with Crippen LogP contribution in [-0.2, 0) is 4.74 Å². The number of aryl methyl sites for hydroxylation is 1. The lowest BCUT2D eigenvalue weighted by Gasteiger charge is -2.04. The maximum Gasteiger partial charge on any atom is 0.337 e. The Morgan fingerprint density at radius 1 is 1.33 bits per heavy atom. The van der Waals surface area contributed by atoms with Crippen LogP contribution in [0, 0.1) is 6.92 Å². The molecule has 1 aromatic carbocycles. The highest BCUT2D eigenvalue weighted by Gasteiger charge is 2.11. The van der Waals surface area contributed by atoms with Crippen molar-refractivity contribution in [1.82, 2.24) is 9.97 Å². The van der Waals surface area contributed by atoms with Gasteiger partial charge in [-0.05, 0) is 43.3 Å². The normalized spacial score (nSPS) is 11.7. The third-order valence-corrected chi connectivity index (χ3v) is 4.62. The second kappa shape index (κ2) is 6.59. The molecule has 2 heterocycles. The molecular formula is C17H13ClN2O3S. The van der Waals surface area contributed by atoms with E-state index in [1.807, 2.05) is 19.1 Å². The number of benzene rings is 1. The van der Waals surface area contributed by atoms with Crippen LogP contribution in [0.15, 0.2) is 35.1 Å². The summed E-state index contributed by atoms with van der Waals surface area (Å²) in [5.74, 6) is -0.238. The van der Waals surface area contributed by atoms with E-state index in [-0.39, 0.29) is 11.4 Å². The Balaban J connectivity index is 2.10. The fourth-order valence-corrected chi connectivity index (χ4v) is 3.31. The number of aromatic nitrogens is 2. The predicted molar refractivity (Wildman–Crippen MR) is 96.5 cm³/mol. The van der Waals surface area contributed by atoms with E-state index < -0.39 is 5.97 Å². The lowest BCUT2D eigenvalue weighted by atomic mass is 10.1. The zero-order valence-corrected chi connectivity index (χ0v) is 14.5. The fourth-order valence-electron chi connectivity index (χ4n) is 2.22. The van der Waals surface area contributed by atoms with E-state index in [1.54, 1.807) is 17.4 Å². The molecule has 7 heteroatoms. The third kappa shape index (κ3) is 3.25. The summed E-state index contributed by atoms with van der Waals surface area (Å²) in [7, 11) is 1.30. The molecule has 0 saturated heterocycles. The summed E-state index contributed by atoms with van der Waals surface area (Å²) in [6.45, 7) is 2.00. The Labute approximate surface area is 146 Å². The minimum atomic E-state index is -0.490. The highest BCUT2D eigenvalue weighted by Crippen LogP contribution is 2.24. The Bertz CT molecular complexity index is 1020.